The summed E-state index contributed by atoms with van der Waals surface area (Å²) in [5.74, 6) is 1.19. The summed E-state index contributed by atoms with van der Waals surface area (Å²) in [6, 6.07) is 21.3. The Kier molecular flexibility index (Phi) is 7.42. The molecule has 7 nitrogen and oxygen atoms in total. The highest BCUT2D eigenvalue weighted by molar-refractivity contribution is 6.22. The lowest BCUT2D eigenvalue weighted by Crippen LogP contribution is -2.40. The minimum Gasteiger partial charge on any atom is -0.353 e. The number of amides is 2. The molecule has 1 radical (unpaired) electrons. The number of rotatable bonds is 7. The van der Waals surface area contributed by atoms with Crippen LogP contribution in [-0.4, -0.2) is 59.6 Å². The molecule has 1 unspecified atom stereocenters. The van der Waals surface area contributed by atoms with Crippen molar-refractivity contribution in [3.05, 3.63) is 89.8 Å². The number of likely N-dealkylation sites (N-methyl/N-ethyl adjacent to an activating group) is 1. The van der Waals surface area contributed by atoms with E-state index in [4.69, 9.17) is 11.6 Å². The van der Waals surface area contributed by atoms with Crippen molar-refractivity contribution < 1.29 is 9.59 Å². The monoisotopic (exact) mass is 514 g/mol. The summed E-state index contributed by atoms with van der Waals surface area (Å²) in [4.78, 5) is 33.6. The Balaban J connectivity index is 1.20. The summed E-state index contributed by atoms with van der Waals surface area (Å²) in [7, 11) is 1.83. The first-order chi connectivity index (χ1) is 17.9. The summed E-state index contributed by atoms with van der Waals surface area (Å²) in [5.41, 5.74) is 1.80. The van der Waals surface area contributed by atoms with Crippen molar-refractivity contribution in [3.63, 3.8) is 0 Å². The van der Waals surface area contributed by atoms with Gasteiger partial charge >= 0.3 is 0 Å². The van der Waals surface area contributed by atoms with Gasteiger partial charge in [0, 0.05) is 43.9 Å². The molecule has 0 spiro atoms. The highest BCUT2D eigenvalue weighted by Crippen LogP contribution is 2.19. The molecule has 2 N–H and O–H groups in total. The number of halogens is 1. The molecule has 2 aliphatic heterocycles. The number of carbonyl (C=O) groups excluding carboxylic acids is 2. The zero-order valence-corrected chi connectivity index (χ0v) is 21.5. The lowest BCUT2D eigenvalue weighted by Gasteiger charge is -2.26. The molecule has 1 atom stereocenters. The summed E-state index contributed by atoms with van der Waals surface area (Å²) in [5, 5.41) is 8.22. The van der Waals surface area contributed by atoms with Crippen LogP contribution in [-0.2, 0) is 11.2 Å². The molecule has 0 aromatic heterocycles. The Morgan fingerprint density at radius 2 is 1.81 bits per heavy atom. The van der Waals surface area contributed by atoms with E-state index in [0.29, 0.717) is 29.3 Å². The number of alkyl halides is 1. The summed E-state index contributed by atoms with van der Waals surface area (Å²) in [6.45, 7) is 1.89. The first kappa shape index (κ1) is 24.8. The maximum Gasteiger partial charge on any atom is 0.255 e. The number of likely N-dealkylation sites (tertiary alicyclic amines) is 1. The van der Waals surface area contributed by atoms with Crippen LogP contribution in [0.15, 0.2) is 77.5 Å². The second-order valence-electron chi connectivity index (χ2n) is 9.37. The molecular weight excluding hydrogens is 486 g/mol. The second kappa shape index (κ2) is 11.0. The normalized spacial score (nSPS) is 17.1. The van der Waals surface area contributed by atoms with E-state index in [1.165, 1.54) is 0 Å². The number of hydrogen-bond donors (Lipinski definition) is 2. The van der Waals surface area contributed by atoms with Gasteiger partial charge in [-0.15, -0.1) is 0 Å². The number of nitrogens with zero attached hydrogens (tertiary/aromatic N) is 3. The smallest absolute Gasteiger partial charge is 0.255 e. The first-order valence-electron chi connectivity index (χ1n) is 12.4. The zero-order valence-electron chi connectivity index (χ0n) is 20.7. The molecule has 8 heteroatoms. The Hall–Kier alpha value is -3.84. The van der Waals surface area contributed by atoms with E-state index in [0.717, 1.165) is 42.3 Å². The Labute approximate surface area is 221 Å². The van der Waals surface area contributed by atoms with Crippen molar-refractivity contribution in [2.75, 3.05) is 32.0 Å². The predicted molar refractivity (Wildman–Crippen MR) is 147 cm³/mol. The molecule has 37 heavy (non-hydrogen) atoms. The van der Waals surface area contributed by atoms with Crippen LogP contribution in [0, 0.1) is 6.08 Å². The zero-order chi connectivity index (χ0) is 25.8. The largest absolute Gasteiger partial charge is 0.353 e. The molecule has 1 fully saturated rings. The van der Waals surface area contributed by atoms with Gasteiger partial charge in [-0.05, 0) is 53.4 Å². The number of carbonyl (C=O) groups is 2. The van der Waals surface area contributed by atoms with Crippen LogP contribution in [0.3, 0.4) is 0 Å². The molecule has 0 bridgehead atoms. The Morgan fingerprint density at radius 3 is 2.57 bits per heavy atom. The lowest BCUT2D eigenvalue weighted by molar-refractivity contribution is -0.130. The maximum atomic E-state index is 12.8. The van der Waals surface area contributed by atoms with Crippen LogP contribution >= 0.6 is 11.6 Å². The van der Waals surface area contributed by atoms with E-state index >= 15 is 0 Å². The van der Waals surface area contributed by atoms with Gasteiger partial charge in [0.25, 0.3) is 5.91 Å². The third-order valence-corrected chi connectivity index (χ3v) is 6.80. The molecule has 189 valence electrons. The topological polar surface area (TPSA) is 77.0 Å². The molecule has 3 aromatic carbocycles. The quantitative estimate of drug-likeness (QED) is 0.362. The number of amidine groups is 1. The molecule has 1 saturated heterocycles. The number of aliphatic imine (C=N–C) groups is 1. The molecule has 0 saturated carbocycles. The molecule has 2 heterocycles. The van der Waals surface area contributed by atoms with Crippen molar-refractivity contribution >= 4 is 45.7 Å². The second-order valence-corrected chi connectivity index (χ2v) is 9.80. The number of nitrogens with one attached hydrogen (secondary N) is 2. The maximum absolute atomic E-state index is 12.8. The van der Waals surface area contributed by atoms with E-state index in [1.807, 2.05) is 78.7 Å². The fourth-order valence-electron chi connectivity index (χ4n) is 4.55. The molecule has 2 amide bonds. The highest BCUT2D eigenvalue weighted by atomic mass is 35.5. The van der Waals surface area contributed by atoms with Gasteiger partial charge in [0.1, 0.15) is 17.2 Å². The molecule has 5 rings (SSSR count). The van der Waals surface area contributed by atoms with Gasteiger partial charge in [0.05, 0.1) is 6.54 Å². The SMILES string of the molecule is CN(CC(=O)N1CCCC1)C1=[C]C(Cl)NC(Cc2ccc(NC(=O)c3ccc4ccccc4c3)cc2)=N1. The minimum absolute atomic E-state index is 0.0945. The lowest BCUT2D eigenvalue weighted by atomic mass is 10.1. The standard InChI is InChI=1S/C29H29ClN5O2/c1-34(19-28(36)35-14-4-5-15-35)27-18-25(30)32-26(33-27)16-20-8-12-24(13-9-20)31-29(37)23-11-10-21-6-2-3-7-22(21)17-23/h2-3,6-13,17,25H,4-5,14-16,19H2,1H3,(H,31,37)(H,32,33). The molecular formula is C29H29ClN5O2. The third-order valence-electron chi connectivity index (χ3n) is 6.58. The van der Waals surface area contributed by atoms with E-state index in [1.54, 1.807) is 4.90 Å². The average molecular weight is 515 g/mol. The van der Waals surface area contributed by atoms with E-state index in [-0.39, 0.29) is 18.4 Å². The minimum atomic E-state index is -0.535. The van der Waals surface area contributed by atoms with E-state index in [9.17, 15) is 9.59 Å². The summed E-state index contributed by atoms with van der Waals surface area (Å²) < 4.78 is 0. The van der Waals surface area contributed by atoms with Gasteiger partial charge in [0.2, 0.25) is 5.91 Å². The van der Waals surface area contributed by atoms with Crippen molar-refractivity contribution in [2.45, 2.75) is 24.8 Å². The van der Waals surface area contributed by atoms with Crippen LogP contribution in [0.4, 0.5) is 5.69 Å². The van der Waals surface area contributed by atoms with Crippen molar-refractivity contribution in [3.8, 4) is 0 Å². The van der Waals surface area contributed by atoms with Crippen LogP contribution < -0.4 is 10.6 Å². The van der Waals surface area contributed by atoms with Crippen LogP contribution in [0.25, 0.3) is 10.8 Å². The first-order valence-corrected chi connectivity index (χ1v) is 12.9. The van der Waals surface area contributed by atoms with Gasteiger partial charge in [-0.2, -0.15) is 0 Å². The molecule has 2 aliphatic rings. The number of hydrogen-bond acceptors (Lipinski definition) is 5. The number of anilines is 1. The number of benzene rings is 3. The van der Waals surface area contributed by atoms with Crippen LogP contribution in [0.2, 0.25) is 0 Å². The van der Waals surface area contributed by atoms with Crippen LogP contribution in [0.5, 0.6) is 0 Å². The van der Waals surface area contributed by atoms with Gasteiger partial charge in [0.15, 0.2) is 0 Å². The fraction of sp³-hybridized carbons (Fsp3) is 0.276. The van der Waals surface area contributed by atoms with Crippen molar-refractivity contribution in [2.24, 2.45) is 4.99 Å². The summed E-state index contributed by atoms with van der Waals surface area (Å²) in [6.07, 6.45) is 5.73. The van der Waals surface area contributed by atoms with Gasteiger partial charge in [-0.1, -0.05) is 54.1 Å². The van der Waals surface area contributed by atoms with Gasteiger partial charge < -0.3 is 20.4 Å². The summed E-state index contributed by atoms with van der Waals surface area (Å²) >= 11 is 6.36. The van der Waals surface area contributed by atoms with Crippen molar-refractivity contribution in [1.82, 2.24) is 15.1 Å². The number of fused-ring (bicyclic) bond motifs is 1. The average Bonchev–Trinajstić information content (AvgIpc) is 3.44. The fourth-order valence-corrected chi connectivity index (χ4v) is 4.78. The van der Waals surface area contributed by atoms with E-state index < -0.39 is 5.50 Å². The van der Waals surface area contributed by atoms with Crippen LogP contribution in [0.1, 0.15) is 28.8 Å². The predicted octanol–water partition coefficient (Wildman–Crippen LogP) is 4.40. The Bertz CT molecular complexity index is 1360. The van der Waals surface area contributed by atoms with Gasteiger partial charge in [-0.3, -0.25) is 9.59 Å². The third kappa shape index (κ3) is 6.12. The van der Waals surface area contributed by atoms with Gasteiger partial charge in [-0.25, -0.2) is 4.99 Å². The molecule has 3 aromatic rings. The molecule has 0 aliphatic carbocycles. The highest BCUT2D eigenvalue weighted by Gasteiger charge is 2.22. The van der Waals surface area contributed by atoms with Crippen molar-refractivity contribution in [1.29, 1.82) is 0 Å². The van der Waals surface area contributed by atoms with E-state index in [2.05, 4.69) is 21.7 Å². The Morgan fingerprint density at radius 1 is 1.08 bits per heavy atom.